The fourth-order valence-corrected chi connectivity index (χ4v) is 5.17. The Morgan fingerprint density at radius 1 is 1.06 bits per heavy atom. The van der Waals surface area contributed by atoms with Gasteiger partial charge in [-0.05, 0) is 42.8 Å². The van der Waals surface area contributed by atoms with Crippen molar-refractivity contribution in [2.45, 2.75) is 47.4 Å². The van der Waals surface area contributed by atoms with E-state index < -0.39 is 37.3 Å². The van der Waals surface area contributed by atoms with E-state index in [-0.39, 0.29) is 0 Å². The second-order valence-electron chi connectivity index (χ2n) is 7.49. The molecular weight excluding hydrogens is 442 g/mol. The fourth-order valence-electron chi connectivity index (χ4n) is 3.85. The molecule has 3 aromatic rings. The number of aliphatic hydroxyl groups is 4. The first kappa shape index (κ1) is 22.4. The Labute approximate surface area is 188 Å². The Kier molecular flexibility index (Phi) is 6.50. The first-order chi connectivity index (χ1) is 14.8. The molecule has 1 saturated heterocycles. The number of aryl methyl sites for hydroxylation is 1. The number of hydrogen-bond donors (Lipinski definition) is 4. The van der Waals surface area contributed by atoms with Crippen LogP contribution in [0.5, 0.6) is 5.75 Å². The van der Waals surface area contributed by atoms with Crippen LogP contribution in [0.3, 0.4) is 0 Å². The van der Waals surface area contributed by atoms with Crippen LogP contribution < -0.4 is 4.74 Å². The molecule has 9 heteroatoms. The molecule has 2 aromatic carbocycles. The number of methoxy groups -OCH3 is 1. The van der Waals surface area contributed by atoms with E-state index in [2.05, 4.69) is 0 Å². The van der Waals surface area contributed by atoms with Crippen molar-refractivity contribution in [3.63, 3.8) is 0 Å². The third kappa shape index (κ3) is 4.05. The highest BCUT2D eigenvalue weighted by Crippen LogP contribution is 2.43. The summed E-state index contributed by atoms with van der Waals surface area (Å²) in [7, 11) is 1.61. The normalized spacial score (nSPS) is 26.4. The summed E-state index contributed by atoms with van der Waals surface area (Å²) in [5.41, 5.74) is 1.64. The van der Waals surface area contributed by atoms with Gasteiger partial charge < -0.3 is 34.5 Å². The zero-order valence-corrected chi connectivity index (χ0v) is 18.5. The Bertz CT molecular complexity index is 1070. The number of aliphatic hydroxyl groups excluding tert-OH is 4. The van der Waals surface area contributed by atoms with E-state index in [9.17, 15) is 20.4 Å². The minimum atomic E-state index is -1.47. The van der Waals surface area contributed by atoms with Gasteiger partial charge in [-0.15, -0.1) is 0 Å². The zero-order chi connectivity index (χ0) is 22.3. The average molecular weight is 466 g/mol. The minimum Gasteiger partial charge on any atom is -0.497 e. The Balaban J connectivity index is 1.81. The molecule has 4 rings (SSSR count). The highest BCUT2D eigenvalue weighted by Gasteiger charge is 2.44. The Hall–Kier alpha value is -1.78. The first-order valence-electron chi connectivity index (χ1n) is 9.77. The molecule has 0 aliphatic carbocycles. The van der Waals surface area contributed by atoms with E-state index in [4.69, 9.17) is 21.1 Å². The van der Waals surface area contributed by atoms with Crippen LogP contribution in [-0.4, -0.2) is 63.1 Å². The molecule has 7 nitrogen and oxygen atoms in total. The van der Waals surface area contributed by atoms with Gasteiger partial charge in [0.05, 0.1) is 24.3 Å². The van der Waals surface area contributed by atoms with Crippen LogP contribution in [0.25, 0.3) is 10.9 Å². The highest BCUT2D eigenvalue weighted by atomic mass is 35.5. The van der Waals surface area contributed by atoms with Crippen molar-refractivity contribution in [1.29, 1.82) is 0 Å². The van der Waals surface area contributed by atoms with Crippen LogP contribution in [0.4, 0.5) is 0 Å². The molecule has 1 aliphatic heterocycles. The van der Waals surface area contributed by atoms with Crippen LogP contribution in [0.15, 0.2) is 52.4 Å². The van der Waals surface area contributed by atoms with Crippen LogP contribution >= 0.6 is 23.4 Å². The van der Waals surface area contributed by atoms with E-state index in [0.29, 0.717) is 5.02 Å². The largest absolute Gasteiger partial charge is 0.497 e. The maximum absolute atomic E-state index is 10.7. The molecule has 1 aromatic heterocycles. The van der Waals surface area contributed by atoms with Gasteiger partial charge >= 0.3 is 0 Å². The number of aromatic nitrogens is 1. The number of fused-ring (bicyclic) bond motifs is 1. The van der Waals surface area contributed by atoms with Crippen molar-refractivity contribution in [2.24, 2.45) is 0 Å². The minimum absolute atomic E-state index is 0.492. The monoisotopic (exact) mass is 465 g/mol. The number of hydrogen-bond acceptors (Lipinski definition) is 7. The molecule has 0 radical (unpaired) electrons. The number of halogens is 1. The van der Waals surface area contributed by atoms with Gasteiger partial charge in [0.1, 0.15) is 30.2 Å². The van der Waals surface area contributed by atoms with Crippen LogP contribution in [0.2, 0.25) is 5.02 Å². The predicted molar refractivity (Wildman–Crippen MR) is 118 cm³/mol. The lowest BCUT2D eigenvalue weighted by molar-refractivity contribution is -0.250. The third-order valence-corrected chi connectivity index (χ3v) is 6.87. The molecule has 4 N–H and O–H groups in total. The van der Waals surface area contributed by atoms with Gasteiger partial charge in [-0.1, -0.05) is 29.4 Å². The first-order valence-corrected chi connectivity index (χ1v) is 11.0. The van der Waals surface area contributed by atoms with Crippen LogP contribution in [0.1, 0.15) is 11.8 Å². The summed E-state index contributed by atoms with van der Waals surface area (Å²) < 4.78 is 12.7. The lowest BCUT2D eigenvalue weighted by atomic mass is 9.98. The summed E-state index contributed by atoms with van der Waals surface area (Å²) in [4.78, 5) is 1.80. The van der Waals surface area contributed by atoms with Crippen molar-refractivity contribution in [3.8, 4) is 5.75 Å². The van der Waals surface area contributed by atoms with Gasteiger partial charge in [-0.25, -0.2) is 0 Å². The van der Waals surface area contributed by atoms with Crippen molar-refractivity contribution < 1.29 is 29.9 Å². The molecule has 0 saturated carbocycles. The molecule has 5 atom stereocenters. The van der Waals surface area contributed by atoms with Gasteiger partial charge in [-0.3, -0.25) is 0 Å². The van der Waals surface area contributed by atoms with Crippen molar-refractivity contribution in [3.05, 3.63) is 53.2 Å². The number of nitrogens with zero attached hydrogens (tertiary/aromatic N) is 1. The van der Waals surface area contributed by atoms with Gasteiger partial charge in [0.2, 0.25) is 0 Å². The molecule has 166 valence electrons. The van der Waals surface area contributed by atoms with Gasteiger partial charge in [0, 0.05) is 21.4 Å². The van der Waals surface area contributed by atoms with Gasteiger partial charge in [-0.2, -0.15) is 0 Å². The summed E-state index contributed by atoms with van der Waals surface area (Å²) in [6.45, 7) is 1.43. The van der Waals surface area contributed by atoms with E-state index in [1.807, 2.05) is 49.5 Å². The lowest BCUT2D eigenvalue weighted by Crippen LogP contribution is -2.56. The van der Waals surface area contributed by atoms with Crippen molar-refractivity contribution >= 4 is 34.3 Å². The second-order valence-corrected chi connectivity index (χ2v) is 9.01. The summed E-state index contributed by atoms with van der Waals surface area (Å²) in [6.07, 6.45) is -4.49. The Morgan fingerprint density at radius 3 is 2.42 bits per heavy atom. The van der Waals surface area contributed by atoms with E-state index in [1.165, 1.54) is 11.8 Å². The third-order valence-electron chi connectivity index (χ3n) is 5.52. The SMILES string of the molecule is COc1ccc(Sc2cn([C@@H]3O[C@H](CO)[C@@H](O)[C@H](O)[C@H]3O)c3c(C)ccc(Cl)c23)cc1. The summed E-state index contributed by atoms with van der Waals surface area (Å²) in [6, 6.07) is 11.3. The number of ether oxygens (including phenoxy) is 2. The molecular formula is C22H24ClNO6S. The smallest absolute Gasteiger partial charge is 0.163 e. The molecule has 0 bridgehead atoms. The van der Waals surface area contributed by atoms with E-state index in [1.54, 1.807) is 11.7 Å². The summed E-state index contributed by atoms with van der Waals surface area (Å²) in [5.74, 6) is 0.752. The van der Waals surface area contributed by atoms with Gasteiger partial charge in [0.25, 0.3) is 0 Å². The molecule has 0 unspecified atom stereocenters. The van der Waals surface area contributed by atoms with Crippen molar-refractivity contribution in [2.75, 3.05) is 13.7 Å². The predicted octanol–water partition coefficient (Wildman–Crippen LogP) is 2.74. The van der Waals surface area contributed by atoms with E-state index in [0.717, 1.165) is 32.0 Å². The average Bonchev–Trinajstić information content (AvgIpc) is 3.15. The second kappa shape index (κ2) is 8.99. The molecule has 2 heterocycles. The van der Waals surface area contributed by atoms with Crippen molar-refractivity contribution in [1.82, 2.24) is 4.57 Å². The molecule has 0 amide bonds. The lowest BCUT2D eigenvalue weighted by Gasteiger charge is -2.40. The zero-order valence-electron chi connectivity index (χ0n) is 17.0. The van der Waals surface area contributed by atoms with E-state index >= 15 is 0 Å². The maximum Gasteiger partial charge on any atom is 0.163 e. The number of rotatable bonds is 5. The topological polar surface area (TPSA) is 104 Å². The van der Waals surface area contributed by atoms with Crippen LogP contribution in [-0.2, 0) is 4.74 Å². The molecule has 1 aliphatic rings. The Morgan fingerprint density at radius 2 is 1.77 bits per heavy atom. The molecule has 31 heavy (non-hydrogen) atoms. The summed E-state index contributed by atoms with van der Waals surface area (Å²) in [5, 5.41) is 42.0. The molecule has 1 fully saturated rings. The fraction of sp³-hybridized carbons (Fsp3) is 0.364. The maximum atomic E-state index is 10.7. The standard InChI is InChI=1S/C22H24ClNO6S/c1-11-3-8-14(23)17-16(31-13-6-4-12(29-2)5-7-13)9-24(18(11)17)22-21(28)20(27)19(26)15(10-25)30-22/h3-9,15,19-22,25-28H,10H2,1-2H3/t15-,19-,20+,21-,22-/m1/s1. The van der Waals surface area contributed by atoms with Crippen LogP contribution in [0, 0.1) is 6.92 Å². The summed E-state index contributed by atoms with van der Waals surface area (Å²) >= 11 is 8.06. The van der Waals surface area contributed by atoms with Gasteiger partial charge in [0.15, 0.2) is 6.23 Å². The highest BCUT2D eigenvalue weighted by molar-refractivity contribution is 7.99. The quantitative estimate of drug-likeness (QED) is 0.459. The molecule has 0 spiro atoms. The number of benzene rings is 2.